The predicted octanol–water partition coefficient (Wildman–Crippen LogP) is 2.02. The van der Waals surface area contributed by atoms with Crippen LogP contribution in [0.1, 0.15) is 33.2 Å². The maximum Gasteiger partial charge on any atom is 0.163 e. The monoisotopic (exact) mass is 192 g/mol. The van der Waals surface area contributed by atoms with Crippen LogP contribution in [-0.4, -0.2) is 19.2 Å². The Hall–Kier alpha value is -1.64. The lowest BCUT2D eigenvalue weighted by Crippen LogP contribution is -2.01. The fourth-order valence-electron chi connectivity index (χ4n) is 1.37. The van der Waals surface area contributed by atoms with Gasteiger partial charge in [-0.1, -0.05) is 6.07 Å². The minimum absolute atomic E-state index is 0.0672. The molecule has 0 heterocycles. The Labute approximate surface area is 82.7 Å². The van der Waals surface area contributed by atoms with E-state index in [1.807, 2.05) is 0 Å². The Balaban J connectivity index is 3.43. The molecule has 0 aliphatic carbocycles. The molecule has 0 aliphatic rings. The van der Waals surface area contributed by atoms with Gasteiger partial charge in [0.05, 0.1) is 12.7 Å². The highest BCUT2D eigenvalue weighted by Crippen LogP contribution is 2.25. The maximum absolute atomic E-state index is 11.2. The molecule has 14 heavy (non-hydrogen) atoms. The van der Waals surface area contributed by atoms with E-state index in [9.17, 15) is 9.59 Å². The maximum atomic E-state index is 11.2. The van der Waals surface area contributed by atoms with Gasteiger partial charge in [-0.15, -0.1) is 0 Å². The minimum atomic E-state index is -0.0672. The number of carbonyl (C=O) groups is 2. The van der Waals surface area contributed by atoms with Crippen molar-refractivity contribution in [2.24, 2.45) is 0 Å². The molecule has 0 aromatic heterocycles. The first-order valence-corrected chi connectivity index (χ1v) is 4.25. The number of carbonyl (C=O) groups excluding carboxylic acids is 2. The van der Waals surface area contributed by atoms with E-state index in [0.717, 1.165) is 6.29 Å². The van der Waals surface area contributed by atoms with Gasteiger partial charge in [0.2, 0.25) is 0 Å². The highest BCUT2D eigenvalue weighted by atomic mass is 16.5. The lowest BCUT2D eigenvalue weighted by molar-refractivity contribution is 0.101. The molecular weight excluding hydrogens is 180 g/mol. The molecule has 0 aliphatic heterocycles. The molecule has 74 valence electrons. The second-order valence-electron chi connectivity index (χ2n) is 3.03. The number of ketones is 1. The molecule has 0 bridgehead atoms. The van der Waals surface area contributed by atoms with Crippen molar-refractivity contribution in [1.82, 2.24) is 0 Å². The molecule has 0 saturated carbocycles. The summed E-state index contributed by atoms with van der Waals surface area (Å²) in [4.78, 5) is 21.8. The summed E-state index contributed by atoms with van der Waals surface area (Å²) in [6.07, 6.45) is 0.752. The van der Waals surface area contributed by atoms with Crippen molar-refractivity contribution in [3.05, 3.63) is 28.8 Å². The van der Waals surface area contributed by atoms with Gasteiger partial charge in [-0.3, -0.25) is 9.59 Å². The SMILES string of the molecule is COc1c(C(C)=O)ccc(C=O)c1C. The summed E-state index contributed by atoms with van der Waals surface area (Å²) >= 11 is 0. The van der Waals surface area contributed by atoms with Crippen molar-refractivity contribution in [3.63, 3.8) is 0 Å². The Bertz CT molecular complexity index is 380. The van der Waals surface area contributed by atoms with E-state index in [0.29, 0.717) is 22.4 Å². The van der Waals surface area contributed by atoms with Crippen molar-refractivity contribution in [1.29, 1.82) is 0 Å². The quantitative estimate of drug-likeness (QED) is 0.543. The number of aldehydes is 1. The van der Waals surface area contributed by atoms with E-state index in [4.69, 9.17) is 4.74 Å². The molecule has 0 N–H and O–H groups in total. The summed E-state index contributed by atoms with van der Waals surface area (Å²) < 4.78 is 5.10. The first-order valence-electron chi connectivity index (χ1n) is 4.25. The fourth-order valence-corrected chi connectivity index (χ4v) is 1.37. The molecule has 0 fully saturated rings. The molecule has 3 nitrogen and oxygen atoms in total. The second-order valence-corrected chi connectivity index (χ2v) is 3.03. The van der Waals surface area contributed by atoms with Crippen molar-refractivity contribution in [3.8, 4) is 5.75 Å². The van der Waals surface area contributed by atoms with E-state index >= 15 is 0 Å². The number of ether oxygens (including phenoxy) is 1. The molecule has 0 amide bonds. The molecule has 0 spiro atoms. The number of benzene rings is 1. The van der Waals surface area contributed by atoms with Crippen LogP contribution in [0.15, 0.2) is 12.1 Å². The van der Waals surface area contributed by atoms with Gasteiger partial charge in [0, 0.05) is 11.1 Å². The molecule has 1 rings (SSSR count). The van der Waals surface area contributed by atoms with Gasteiger partial charge in [-0.2, -0.15) is 0 Å². The van der Waals surface area contributed by atoms with Gasteiger partial charge in [0.25, 0.3) is 0 Å². The van der Waals surface area contributed by atoms with Crippen molar-refractivity contribution in [2.75, 3.05) is 7.11 Å². The largest absolute Gasteiger partial charge is 0.496 e. The Morgan fingerprint density at radius 2 is 2.07 bits per heavy atom. The van der Waals surface area contributed by atoms with Crippen LogP contribution in [0.2, 0.25) is 0 Å². The smallest absolute Gasteiger partial charge is 0.163 e. The molecule has 0 radical (unpaired) electrons. The summed E-state index contributed by atoms with van der Waals surface area (Å²) in [6.45, 7) is 3.23. The van der Waals surface area contributed by atoms with Gasteiger partial charge < -0.3 is 4.74 Å². The van der Waals surface area contributed by atoms with Gasteiger partial charge in [0.15, 0.2) is 5.78 Å². The molecule has 0 unspecified atom stereocenters. The molecular formula is C11H12O3. The Morgan fingerprint density at radius 1 is 1.43 bits per heavy atom. The number of methoxy groups -OCH3 is 1. The lowest BCUT2D eigenvalue weighted by atomic mass is 10.0. The molecule has 1 aromatic carbocycles. The predicted molar refractivity (Wildman–Crippen MR) is 53.1 cm³/mol. The number of rotatable bonds is 3. The Kier molecular flexibility index (Phi) is 3.02. The van der Waals surface area contributed by atoms with E-state index < -0.39 is 0 Å². The van der Waals surface area contributed by atoms with Crippen LogP contribution in [0, 0.1) is 6.92 Å². The zero-order valence-corrected chi connectivity index (χ0v) is 8.46. The van der Waals surface area contributed by atoms with Crippen LogP contribution >= 0.6 is 0 Å². The highest BCUT2D eigenvalue weighted by Gasteiger charge is 2.12. The first-order chi connectivity index (χ1) is 6.61. The summed E-state index contributed by atoms with van der Waals surface area (Å²) in [5, 5.41) is 0. The van der Waals surface area contributed by atoms with Gasteiger partial charge in [0.1, 0.15) is 12.0 Å². The molecule has 3 heteroatoms. The van der Waals surface area contributed by atoms with Crippen LogP contribution in [0.25, 0.3) is 0 Å². The van der Waals surface area contributed by atoms with E-state index in [1.165, 1.54) is 14.0 Å². The third-order valence-corrected chi connectivity index (χ3v) is 2.16. The third kappa shape index (κ3) is 1.66. The molecule has 0 saturated heterocycles. The second kappa shape index (κ2) is 4.05. The van der Waals surface area contributed by atoms with Crippen LogP contribution in [0.4, 0.5) is 0 Å². The first kappa shape index (κ1) is 10.4. The minimum Gasteiger partial charge on any atom is -0.496 e. The summed E-state index contributed by atoms with van der Waals surface area (Å²) in [6, 6.07) is 3.24. The van der Waals surface area contributed by atoms with E-state index in [1.54, 1.807) is 19.1 Å². The van der Waals surface area contributed by atoms with Crippen molar-refractivity contribution in [2.45, 2.75) is 13.8 Å². The van der Waals surface area contributed by atoms with Crippen molar-refractivity contribution >= 4 is 12.1 Å². The number of hydrogen-bond donors (Lipinski definition) is 0. The molecule has 0 atom stereocenters. The van der Waals surface area contributed by atoms with Crippen LogP contribution in [0.3, 0.4) is 0 Å². The molecule has 1 aromatic rings. The zero-order valence-electron chi connectivity index (χ0n) is 8.46. The standard InChI is InChI=1S/C11H12O3/c1-7-9(6-12)4-5-10(8(2)13)11(7)14-3/h4-6H,1-3H3. The topological polar surface area (TPSA) is 43.4 Å². The third-order valence-electron chi connectivity index (χ3n) is 2.16. The highest BCUT2D eigenvalue weighted by molar-refractivity contribution is 5.98. The van der Waals surface area contributed by atoms with Gasteiger partial charge in [-0.05, 0) is 19.9 Å². The van der Waals surface area contributed by atoms with Crippen LogP contribution in [0.5, 0.6) is 5.75 Å². The summed E-state index contributed by atoms with van der Waals surface area (Å²) in [5.41, 5.74) is 1.76. The zero-order chi connectivity index (χ0) is 10.7. The average molecular weight is 192 g/mol. The lowest BCUT2D eigenvalue weighted by Gasteiger charge is -2.10. The average Bonchev–Trinajstić information content (AvgIpc) is 2.17. The van der Waals surface area contributed by atoms with Gasteiger partial charge >= 0.3 is 0 Å². The van der Waals surface area contributed by atoms with Crippen LogP contribution < -0.4 is 4.74 Å². The number of hydrogen-bond acceptors (Lipinski definition) is 3. The fraction of sp³-hybridized carbons (Fsp3) is 0.273. The number of Topliss-reactive ketones (excluding diaryl/α,β-unsaturated/α-hetero) is 1. The Morgan fingerprint density at radius 3 is 2.50 bits per heavy atom. The summed E-state index contributed by atoms with van der Waals surface area (Å²) in [7, 11) is 1.49. The van der Waals surface area contributed by atoms with Gasteiger partial charge in [-0.25, -0.2) is 0 Å². The van der Waals surface area contributed by atoms with E-state index in [2.05, 4.69) is 0 Å². The van der Waals surface area contributed by atoms with Crippen LogP contribution in [-0.2, 0) is 0 Å². The van der Waals surface area contributed by atoms with E-state index in [-0.39, 0.29) is 5.78 Å². The summed E-state index contributed by atoms with van der Waals surface area (Å²) in [5.74, 6) is 0.421. The van der Waals surface area contributed by atoms with Crippen molar-refractivity contribution < 1.29 is 14.3 Å². The normalized spacial score (nSPS) is 9.64.